The Kier molecular flexibility index (Phi) is 4.50. The maximum atomic E-state index is 12.9. The smallest absolute Gasteiger partial charge is 0.226 e. The second-order valence-corrected chi connectivity index (χ2v) is 6.73. The van der Waals surface area contributed by atoms with Crippen molar-refractivity contribution in [1.82, 2.24) is 19.7 Å². The van der Waals surface area contributed by atoms with Gasteiger partial charge in [-0.2, -0.15) is 5.10 Å². The van der Waals surface area contributed by atoms with Crippen LogP contribution < -0.4 is 4.74 Å². The Balaban J connectivity index is 1.48. The van der Waals surface area contributed by atoms with E-state index in [0.717, 1.165) is 30.8 Å². The SMILES string of the molecule is O=C(C1CC=CC1)N1Cc2ccnn2C[C@@H](COc2cccnc2)C1. The summed E-state index contributed by atoms with van der Waals surface area (Å²) >= 11 is 0. The predicted molar refractivity (Wildman–Crippen MR) is 92.7 cm³/mol. The number of pyridine rings is 1. The highest BCUT2D eigenvalue weighted by atomic mass is 16.5. The van der Waals surface area contributed by atoms with E-state index < -0.39 is 0 Å². The van der Waals surface area contributed by atoms with Crippen LogP contribution in [-0.4, -0.2) is 38.7 Å². The lowest BCUT2D eigenvalue weighted by atomic mass is 10.0. The van der Waals surface area contributed by atoms with Gasteiger partial charge in [-0.15, -0.1) is 0 Å². The zero-order chi connectivity index (χ0) is 17.1. The predicted octanol–water partition coefficient (Wildman–Crippen LogP) is 2.28. The molecule has 2 aliphatic rings. The Morgan fingerprint density at radius 2 is 2.08 bits per heavy atom. The van der Waals surface area contributed by atoms with Gasteiger partial charge < -0.3 is 9.64 Å². The van der Waals surface area contributed by atoms with Gasteiger partial charge in [0.2, 0.25) is 5.91 Å². The van der Waals surface area contributed by atoms with Crippen LogP contribution in [0.25, 0.3) is 0 Å². The average Bonchev–Trinajstić information content (AvgIpc) is 3.29. The highest BCUT2D eigenvalue weighted by Crippen LogP contribution is 2.24. The molecule has 0 fully saturated rings. The van der Waals surface area contributed by atoms with E-state index in [4.69, 9.17) is 4.74 Å². The summed E-state index contributed by atoms with van der Waals surface area (Å²) in [5.41, 5.74) is 1.09. The standard InChI is InChI=1S/C19H22N4O2/c24-19(16-4-1-2-5-16)22-11-15(12-23-17(13-22)7-9-21-23)14-25-18-6-3-8-20-10-18/h1-3,6-10,15-16H,4-5,11-14H2/t15-/m0/s1. The molecule has 1 atom stereocenters. The van der Waals surface area contributed by atoms with Gasteiger partial charge in [0.15, 0.2) is 0 Å². The van der Waals surface area contributed by atoms with Gasteiger partial charge >= 0.3 is 0 Å². The molecule has 0 unspecified atom stereocenters. The first kappa shape index (κ1) is 15.9. The molecular weight excluding hydrogens is 316 g/mol. The molecule has 1 aliphatic heterocycles. The summed E-state index contributed by atoms with van der Waals surface area (Å²) in [6.07, 6.45) is 11.2. The minimum Gasteiger partial charge on any atom is -0.492 e. The molecule has 6 nitrogen and oxygen atoms in total. The number of hydrogen-bond donors (Lipinski definition) is 0. The van der Waals surface area contributed by atoms with Crippen molar-refractivity contribution in [3.63, 3.8) is 0 Å². The first-order chi connectivity index (χ1) is 12.3. The van der Waals surface area contributed by atoms with Gasteiger partial charge in [-0.1, -0.05) is 12.2 Å². The number of hydrogen-bond acceptors (Lipinski definition) is 4. The van der Waals surface area contributed by atoms with Crippen LogP contribution in [-0.2, 0) is 17.9 Å². The van der Waals surface area contributed by atoms with E-state index in [1.165, 1.54) is 0 Å². The van der Waals surface area contributed by atoms with Crippen LogP contribution in [0.5, 0.6) is 5.75 Å². The Hall–Kier alpha value is -2.63. The fraction of sp³-hybridized carbons (Fsp3) is 0.421. The molecule has 0 saturated carbocycles. The van der Waals surface area contributed by atoms with Gasteiger partial charge in [0.05, 0.1) is 25.0 Å². The van der Waals surface area contributed by atoms with Crippen molar-refractivity contribution in [2.45, 2.75) is 25.9 Å². The van der Waals surface area contributed by atoms with Gasteiger partial charge in [-0.3, -0.25) is 14.5 Å². The summed E-state index contributed by atoms with van der Waals surface area (Å²) in [5.74, 6) is 1.28. The summed E-state index contributed by atoms with van der Waals surface area (Å²) in [4.78, 5) is 19.0. The van der Waals surface area contributed by atoms with Crippen LogP contribution in [0.3, 0.4) is 0 Å². The third-order valence-corrected chi connectivity index (χ3v) is 4.86. The lowest BCUT2D eigenvalue weighted by molar-refractivity contribution is -0.136. The second-order valence-electron chi connectivity index (χ2n) is 6.73. The van der Waals surface area contributed by atoms with Crippen molar-refractivity contribution >= 4 is 5.91 Å². The molecule has 2 aromatic rings. The zero-order valence-corrected chi connectivity index (χ0v) is 14.1. The molecule has 1 aliphatic carbocycles. The Labute approximate surface area is 147 Å². The van der Waals surface area contributed by atoms with Crippen molar-refractivity contribution in [1.29, 1.82) is 0 Å². The van der Waals surface area contributed by atoms with Crippen molar-refractivity contribution in [3.05, 3.63) is 54.6 Å². The van der Waals surface area contributed by atoms with Crippen LogP contribution in [0, 0.1) is 11.8 Å². The van der Waals surface area contributed by atoms with Crippen LogP contribution in [0.4, 0.5) is 0 Å². The molecule has 6 heteroatoms. The summed E-state index contributed by atoms with van der Waals surface area (Å²) in [6.45, 7) is 2.62. The lowest BCUT2D eigenvalue weighted by Crippen LogP contribution is -2.38. The van der Waals surface area contributed by atoms with Crippen LogP contribution in [0.2, 0.25) is 0 Å². The van der Waals surface area contributed by atoms with E-state index in [1.54, 1.807) is 18.6 Å². The number of carbonyl (C=O) groups excluding carboxylic acids is 1. The second kappa shape index (κ2) is 7.09. The van der Waals surface area contributed by atoms with Gasteiger partial charge in [-0.05, 0) is 31.0 Å². The van der Waals surface area contributed by atoms with Crippen LogP contribution in [0.15, 0.2) is 48.9 Å². The normalized spacial score (nSPS) is 20.3. The molecule has 130 valence electrons. The highest BCUT2D eigenvalue weighted by Gasteiger charge is 2.30. The molecular formula is C19H22N4O2. The number of rotatable bonds is 4. The molecule has 1 amide bonds. The van der Waals surface area contributed by atoms with Crippen molar-refractivity contribution < 1.29 is 9.53 Å². The van der Waals surface area contributed by atoms with E-state index >= 15 is 0 Å². The summed E-state index contributed by atoms with van der Waals surface area (Å²) in [7, 11) is 0. The van der Waals surface area contributed by atoms with Crippen molar-refractivity contribution in [2.24, 2.45) is 11.8 Å². The summed E-state index contributed by atoms with van der Waals surface area (Å²) in [5, 5.41) is 4.41. The Morgan fingerprint density at radius 1 is 1.20 bits per heavy atom. The maximum Gasteiger partial charge on any atom is 0.226 e. The van der Waals surface area contributed by atoms with Gasteiger partial charge in [0.25, 0.3) is 0 Å². The molecule has 2 aromatic heterocycles. The lowest BCUT2D eigenvalue weighted by Gasteiger charge is -2.26. The number of aromatic nitrogens is 3. The minimum absolute atomic E-state index is 0.0920. The topological polar surface area (TPSA) is 60.2 Å². The van der Waals surface area contributed by atoms with E-state index in [9.17, 15) is 4.79 Å². The number of ether oxygens (including phenoxy) is 1. The number of fused-ring (bicyclic) bond motifs is 1. The molecule has 0 spiro atoms. The number of nitrogens with zero attached hydrogens (tertiary/aromatic N) is 4. The van der Waals surface area contributed by atoms with E-state index in [-0.39, 0.29) is 17.7 Å². The van der Waals surface area contributed by atoms with Crippen molar-refractivity contribution in [3.8, 4) is 5.75 Å². The number of amides is 1. The molecule has 0 N–H and O–H groups in total. The Bertz CT molecular complexity index is 748. The first-order valence-electron chi connectivity index (χ1n) is 8.77. The molecule has 0 radical (unpaired) electrons. The van der Waals surface area contributed by atoms with Crippen LogP contribution in [0.1, 0.15) is 18.5 Å². The molecule has 3 heterocycles. The summed E-state index contributed by atoms with van der Waals surface area (Å²) in [6, 6.07) is 5.75. The number of carbonyl (C=O) groups is 1. The van der Waals surface area contributed by atoms with Crippen LogP contribution >= 0.6 is 0 Å². The fourth-order valence-corrected chi connectivity index (χ4v) is 3.53. The molecule has 0 saturated heterocycles. The number of allylic oxidation sites excluding steroid dienone is 2. The monoisotopic (exact) mass is 338 g/mol. The molecule has 0 aromatic carbocycles. The highest BCUT2D eigenvalue weighted by molar-refractivity contribution is 5.79. The van der Waals surface area contributed by atoms with Gasteiger partial charge in [0.1, 0.15) is 5.75 Å². The van der Waals surface area contributed by atoms with Crippen molar-refractivity contribution in [2.75, 3.05) is 13.2 Å². The first-order valence-corrected chi connectivity index (χ1v) is 8.77. The quantitative estimate of drug-likeness (QED) is 0.803. The maximum absolute atomic E-state index is 12.9. The van der Waals surface area contributed by atoms with E-state index in [2.05, 4.69) is 22.2 Å². The molecule has 25 heavy (non-hydrogen) atoms. The zero-order valence-electron chi connectivity index (χ0n) is 14.1. The fourth-order valence-electron chi connectivity index (χ4n) is 3.53. The van der Waals surface area contributed by atoms with E-state index in [1.807, 2.05) is 27.8 Å². The molecule has 0 bridgehead atoms. The van der Waals surface area contributed by atoms with Gasteiger partial charge in [-0.25, -0.2) is 0 Å². The van der Waals surface area contributed by atoms with E-state index in [0.29, 0.717) is 19.7 Å². The van der Waals surface area contributed by atoms with Gasteiger partial charge in [0, 0.05) is 37.3 Å². The third kappa shape index (κ3) is 3.57. The molecule has 4 rings (SSSR count). The average molecular weight is 338 g/mol. The minimum atomic E-state index is 0.0920. The largest absolute Gasteiger partial charge is 0.492 e. The summed E-state index contributed by atoms with van der Waals surface area (Å²) < 4.78 is 7.89. The Morgan fingerprint density at radius 3 is 2.88 bits per heavy atom. The third-order valence-electron chi connectivity index (χ3n) is 4.86.